The molecule has 0 heterocycles. The first-order valence-electron chi connectivity index (χ1n) is 20.0. The van der Waals surface area contributed by atoms with E-state index in [1.807, 2.05) is 0 Å². The molecule has 0 unspecified atom stereocenters. The van der Waals surface area contributed by atoms with E-state index < -0.39 is 5.97 Å². The molecule has 0 aliphatic heterocycles. The molecule has 26 heteroatoms. The van der Waals surface area contributed by atoms with Crippen molar-refractivity contribution in [1.29, 1.82) is 0 Å². The average Bonchev–Trinajstić information content (AvgIpc) is 3.29. The Morgan fingerprint density at radius 1 is 0.531 bits per heavy atom. The standard InChI is InChI=1S/C38H62N2O24/c1-5-53-38(42)37(39-3)32-35-6-8-36(9-7-35)40(33-57-61-64-63-60-56-31-30-55-59-62-58-43-4)10-11-44-12-13-45-14-15-46-16-17-47-18-19-48-20-21-49-22-23-50-24-25-51-26-27-52-28-29-54-34(2)41/h6-9,32H,5,10-31,33H2,1-2,4H3/b37-32-. The molecule has 0 spiro atoms. The number of carbonyl (C=O) groups excluding carboxylic acids is 2. The Hall–Kier alpha value is -3.61. The number of hydrogen-bond acceptors (Lipinski definition) is 25. The smallest absolute Gasteiger partial charge is 0.336 e. The van der Waals surface area contributed by atoms with E-state index in [1.54, 1.807) is 36.1 Å². The van der Waals surface area contributed by atoms with Crippen LogP contribution in [-0.4, -0.2) is 178 Å². The van der Waals surface area contributed by atoms with Crippen LogP contribution in [0.2, 0.25) is 0 Å². The molecule has 0 radical (unpaired) electrons. The highest BCUT2D eigenvalue weighted by Crippen LogP contribution is 2.18. The summed E-state index contributed by atoms with van der Waals surface area (Å²) in [6.07, 6.45) is 1.42. The van der Waals surface area contributed by atoms with Gasteiger partial charge in [0, 0.05) is 19.2 Å². The van der Waals surface area contributed by atoms with Crippen LogP contribution in [0.1, 0.15) is 19.4 Å². The highest BCUT2D eigenvalue weighted by Gasteiger charge is 2.12. The summed E-state index contributed by atoms with van der Waals surface area (Å²) in [6.45, 7) is 17.8. The van der Waals surface area contributed by atoms with E-state index in [2.05, 4.69) is 54.8 Å². The number of benzene rings is 1. The maximum absolute atomic E-state index is 12.0. The summed E-state index contributed by atoms with van der Waals surface area (Å²) in [6, 6.07) is 6.90. The number of anilines is 1. The summed E-state index contributed by atoms with van der Waals surface area (Å²) in [5.74, 6) is -1.04. The Morgan fingerprint density at radius 3 is 1.34 bits per heavy atom. The highest BCUT2D eigenvalue weighted by molar-refractivity contribution is 5.95. The molecule has 0 saturated heterocycles. The third kappa shape index (κ3) is 37.7. The van der Waals surface area contributed by atoms with Gasteiger partial charge in [-0.3, -0.25) is 9.59 Å². The Balaban J connectivity index is 2.11. The van der Waals surface area contributed by atoms with Crippen molar-refractivity contribution >= 4 is 23.7 Å². The van der Waals surface area contributed by atoms with Gasteiger partial charge >= 0.3 is 11.9 Å². The lowest BCUT2D eigenvalue weighted by Crippen LogP contribution is -2.30. The van der Waals surface area contributed by atoms with E-state index in [9.17, 15) is 9.59 Å². The van der Waals surface area contributed by atoms with Crippen molar-refractivity contribution < 1.29 is 117 Å². The molecule has 0 atom stereocenters. The summed E-state index contributed by atoms with van der Waals surface area (Å²) in [5, 5.41) is 29.1. The number of ether oxygens (including phenoxy) is 11. The van der Waals surface area contributed by atoms with Crippen molar-refractivity contribution in [3.63, 3.8) is 0 Å². The molecule has 368 valence electrons. The first-order valence-corrected chi connectivity index (χ1v) is 20.0. The average molecular weight is 931 g/mol. The largest absolute Gasteiger partial charge is 0.471 e. The molecule has 0 aliphatic rings. The summed E-state index contributed by atoms with van der Waals surface area (Å²) in [7, 11) is 1.19. The molecule has 0 saturated carbocycles. The fraction of sp³-hybridized carbons (Fsp3) is 0.711. The quantitative estimate of drug-likeness (QED) is 0.0173. The fourth-order valence-corrected chi connectivity index (χ4v) is 4.17. The second kappa shape index (κ2) is 45.9. The van der Waals surface area contributed by atoms with Crippen molar-refractivity contribution in [3.8, 4) is 0 Å². The zero-order valence-electron chi connectivity index (χ0n) is 36.5. The first kappa shape index (κ1) is 58.4. The van der Waals surface area contributed by atoms with Crippen molar-refractivity contribution in [2.75, 3.05) is 171 Å². The SMILES string of the molecule is [C-]#[N+]/C(=C\c1ccc(N(CCOCCOCCOCCOCCOCCOCCOCCOCCOCCOC(C)=O)COOOOOOCCOOOOOC)cc1)C(=O)OCC. The van der Waals surface area contributed by atoms with E-state index >= 15 is 0 Å². The van der Waals surface area contributed by atoms with Gasteiger partial charge in [0.1, 0.15) is 19.8 Å². The van der Waals surface area contributed by atoms with Crippen LogP contribution in [0.5, 0.6) is 0 Å². The molecule has 0 bridgehead atoms. The lowest BCUT2D eigenvalue weighted by Gasteiger charge is -2.23. The van der Waals surface area contributed by atoms with Gasteiger partial charge in [-0.05, 0) is 66.0 Å². The predicted octanol–water partition coefficient (Wildman–Crippen LogP) is 2.03. The molecule has 26 nitrogen and oxygen atoms in total. The minimum atomic E-state index is -0.707. The minimum absolute atomic E-state index is 0.151. The number of hydrogen-bond donors (Lipinski definition) is 0. The van der Waals surface area contributed by atoms with Crippen molar-refractivity contribution in [2.45, 2.75) is 13.8 Å². The van der Waals surface area contributed by atoms with Crippen LogP contribution in [0.15, 0.2) is 30.0 Å². The third-order valence-corrected chi connectivity index (χ3v) is 6.99. The highest BCUT2D eigenvalue weighted by atomic mass is 17.8. The normalized spacial score (nSPS) is 11.5. The van der Waals surface area contributed by atoms with Crippen LogP contribution in [0, 0.1) is 6.57 Å². The van der Waals surface area contributed by atoms with Gasteiger partial charge < -0.3 is 57.0 Å². The summed E-state index contributed by atoms with van der Waals surface area (Å²) < 4.78 is 59.0. The van der Waals surface area contributed by atoms with Crippen molar-refractivity contribution in [2.24, 2.45) is 0 Å². The Kier molecular flexibility index (Phi) is 41.9. The number of esters is 2. The number of nitrogens with zero attached hydrogens (tertiary/aromatic N) is 2. The molecule has 1 rings (SSSR count). The molecule has 0 aromatic heterocycles. The molecule has 0 N–H and O–H groups in total. The Morgan fingerprint density at radius 2 is 0.938 bits per heavy atom. The third-order valence-electron chi connectivity index (χ3n) is 6.99. The van der Waals surface area contributed by atoms with Gasteiger partial charge in [0.05, 0.1) is 139 Å². The summed E-state index contributed by atoms with van der Waals surface area (Å²) in [5.41, 5.74) is 1.12. The molecule has 64 heavy (non-hydrogen) atoms. The van der Waals surface area contributed by atoms with Gasteiger partial charge in [-0.1, -0.05) is 12.1 Å². The van der Waals surface area contributed by atoms with E-state index in [4.69, 9.17) is 63.6 Å². The van der Waals surface area contributed by atoms with E-state index in [-0.39, 0.29) is 51.4 Å². The lowest BCUT2D eigenvalue weighted by molar-refractivity contribution is -0.758. The molecule has 0 aliphatic carbocycles. The van der Waals surface area contributed by atoms with E-state index in [1.165, 1.54) is 20.1 Å². The maximum Gasteiger partial charge on any atom is 0.336 e. The van der Waals surface area contributed by atoms with Gasteiger partial charge in [0.2, 0.25) is 0 Å². The zero-order chi connectivity index (χ0) is 46.2. The van der Waals surface area contributed by atoms with Gasteiger partial charge in [-0.25, -0.2) is 19.5 Å². The maximum atomic E-state index is 12.0. The van der Waals surface area contributed by atoms with Gasteiger partial charge in [-0.15, -0.1) is 0 Å². The fourth-order valence-electron chi connectivity index (χ4n) is 4.17. The molecule has 0 amide bonds. The van der Waals surface area contributed by atoms with Crippen LogP contribution >= 0.6 is 0 Å². The van der Waals surface area contributed by atoms with Crippen LogP contribution in [0.25, 0.3) is 10.9 Å². The van der Waals surface area contributed by atoms with Crippen LogP contribution in [0.3, 0.4) is 0 Å². The second-order valence-corrected chi connectivity index (χ2v) is 11.6. The zero-order valence-corrected chi connectivity index (χ0v) is 36.5. The molecule has 0 fully saturated rings. The monoisotopic (exact) mass is 930 g/mol. The van der Waals surface area contributed by atoms with Crippen LogP contribution < -0.4 is 4.90 Å². The second-order valence-electron chi connectivity index (χ2n) is 11.6. The molecule has 1 aromatic carbocycles. The molecule has 1 aromatic rings. The Bertz CT molecular complexity index is 1290. The minimum Gasteiger partial charge on any atom is -0.471 e. The van der Waals surface area contributed by atoms with E-state index in [0.29, 0.717) is 130 Å². The van der Waals surface area contributed by atoms with Gasteiger partial charge in [0.25, 0.3) is 5.70 Å². The Labute approximate surface area is 371 Å². The predicted molar refractivity (Wildman–Crippen MR) is 211 cm³/mol. The van der Waals surface area contributed by atoms with Crippen LogP contribution in [0.4, 0.5) is 5.69 Å². The molecular formula is C38H62N2O24. The summed E-state index contributed by atoms with van der Waals surface area (Å²) >= 11 is 0. The lowest BCUT2D eigenvalue weighted by atomic mass is 10.1. The van der Waals surface area contributed by atoms with E-state index in [0.717, 1.165) is 0 Å². The van der Waals surface area contributed by atoms with Crippen LogP contribution in [-0.2, 0) is 117 Å². The molecular weight excluding hydrogens is 868 g/mol. The summed E-state index contributed by atoms with van der Waals surface area (Å²) in [4.78, 5) is 45.7. The van der Waals surface area contributed by atoms with Gasteiger partial charge in [-0.2, -0.15) is 4.89 Å². The number of rotatable bonds is 48. The number of carbonyl (C=O) groups is 2. The van der Waals surface area contributed by atoms with Crippen molar-refractivity contribution in [1.82, 2.24) is 0 Å². The van der Waals surface area contributed by atoms with Crippen molar-refractivity contribution in [3.05, 3.63) is 46.9 Å². The topological polar surface area (TPSA) is 245 Å². The first-order chi connectivity index (χ1) is 31.5. The van der Waals surface area contributed by atoms with Gasteiger partial charge in [0.15, 0.2) is 6.73 Å².